The van der Waals surface area contributed by atoms with Crippen LogP contribution in [-0.2, 0) is 14.8 Å². The maximum atomic E-state index is 12.8. The van der Waals surface area contributed by atoms with Crippen molar-refractivity contribution in [3.8, 4) is 5.75 Å². The predicted octanol–water partition coefficient (Wildman–Crippen LogP) is 2.67. The lowest BCUT2D eigenvalue weighted by Gasteiger charge is -2.15. The summed E-state index contributed by atoms with van der Waals surface area (Å²) in [6.07, 6.45) is 0. The van der Waals surface area contributed by atoms with Gasteiger partial charge in [0, 0.05) is 18.8 Å². The number of thioether (sulfide) groups is 1. The number of nitrogens with one attached hydrogen (secondary N) is 2. The summed E-state index contributed by atoms with van der Waals surface area (Å²) in [6, 6.07) is 10.4. The second-order valence-corrected chi connectivity index (χ2v) is 9.90. The van der Waals surface area contributed by atoms with Gasteiger partial charge in [-0.3, -0.25) is 14.4 Å². The molecule has 0 unspecified atom stereocenters. The number of ether oxygens (including phenoxy) is 1. The minimum absolute atomic E-state index is 0.0172. The summed E-state index contributed by atoms with van der Waals surface area (Å²) in [5.74, 6) is 0.263. The molecule has 0 saturated carbocycles. The van der Waals surface area contributed by atoms with Gasteiger partial charge in [-0.25, -0.2) is 18.2 Å². The molecular formula is C20H20N4O6S2. The number of fused-ring (bicyclic) bond motifs is 1. The van der Waals surface area contributed by atoms with Crippen LogP contribution < -0.4 is 14.8 Å². The molecule has 0 spiro atoms. The van der Waals surface area contributed by atoms with Crippen LogP contribution in [0.25, 0.3) is 11.1 Å². The SMILES string of the molecule is COc1ccc(NS(=O)(=O)c2ccc3oc(S[C@@H](C)C(=O)N4CCNC4=O)nc3c2)cc1. The summed E-state index contributed by atoms with van der Waals surface area (Å²) >= 11 is 1.06. The van der Waals surface area contributed by atoms with Crippen LogP contribution in [-0.4, -0.2) is 55.7 Å². The molecule has 4 rings (SSSR count). The third kappa shape index (κ3) is 4.50. The fraction of sp³-hybridized carbons (Fsp3) is 0.250. The van der Waals surface area contributed by atoms with Gasteiger partial charge in [0.2, 0.25) is 5.91 Å². The number of rotatable bonds is 7. The zero-order valence-electron chi connectivity index (χ0n) is 17.2. The molecule has 1 aliphatic rings. The third-order valence-corrected chi connectivity index (χ3v) is 7.05. The van der Waals surface area contributed by atoms with Gasteiger partial charge in [-0.1, -0.05) is 11.8 Å². The van der Waals surface area contributed by atoms with Gasteiger partial charge in [-0.2, -0.15) is 0 Å². The maximum absolute atomic E-state index is 12.8. The average Bonchev–Trinajstić information content (AvgIpc) is 3.38. The standard InChI is InChI=1S/C20H20N4O6S2/c1-12(18(25)24-10-9-21-19(24)26)31-20-22-16-11-15(7-8-17(16)30-20)32(27,28)23-13-3-5-14(29-2)6-4-13/h3-8,11-12,23H,9-10H2,1-2H3,(H,21,26)/t12-/m0/s1. The fourth-order valence-electron chi connectivity index (χ4n) is 3.08. The van der Waals surface area contributed by atoms with E-state index >= 15 is 0 Å². The normalized spacial score (nSPS) is 14.9. The van der Waals surface area contributed by atoms with Gasteiger partial charge in [0.15, 0.2) is 5.58 Å². The summed E-state index contributed by atoms with van der Waals surface area (Å²) in [7, 11) is -2.33. The second-order valence-electron chi connectivity index (χ2n) is 6.93. The van der Waals surface area contributed by atoms with E-state index in [4.69, 9.17) is 9.15 Å². The van der Waals surface area contributed by atoms with Crippen molar-refractivity contribution in [2.24, 2.45) is 0 Å². The third-order valence-electron chi connectivity index (χ3n) is 4.74. The zero-order valence-corrected chi connectivity index (χ0v) is 18.8. The van der Waals surface area contributed by atoms with Crippen molar-refractivity contribution in [3.05, 3.63) is 42.5 Å². The number of sulfonamides is 1. The first-order chi connectivity index (χ1) is 15.3. The number of urea groups is 1. The van der Waals surface area contributed by atoms with E-state index in [9.17, 15) is 18.0 Å². The molecule has 1 fully saturated rings. The summed E-state index contributed by atoms with van der Waals surface area (Å²) in [5, 5.41) is 2.18. The maximum Gasteiger partial charge on any atom is 0.324 e. The quantitative estimate of drug-likeness (QED) is 0.498. The van der Waals surface area contributed by atoms with E-state index in [1.807, 2.05) is 0 Å². The molecule has 2 heterocycles. The van der Waals surface area contributed by atoms with Gasteiger partial charge >= 0.3 is 6.03 Å². The number of amides is 3. The van der Waals surface area contributed by atoms with Crippen molar-refractivity contribution in [2.75, 3.05) is 24.9 Å². The number of hydrogen-bond acceptors (Lipinski definition) is 8. The number of anilines is 1. The van der Waals surface area contributed by atoms with Crippen molar-refractivity contribution in [1.82, 2.24) is 15.2 Å². The Hall–Kier alpha value is -3.25. The summed E-state index contributed by atoms with van der Waals surface area (Å²) in [4.78, 5) is 29.6. The van der Waals surface area contributed by atoms with Crippen LogP contribution in [0.15, 0.2) is 57.0 Å². The second kappa shape index (κ2) is 8.71. The van der Waals surface area contributed by atoms with E-state index in [1.165, 1.54) is 25.3 Å². The molecule has 0 radical (unpaired) electrons. The number of nitrogens with zero attached hydrogens (tertiary/aromatic N) is 2. The van der Waals surface area contributed by atoms with Gasteiger partial charge in [0.25, 0.3) is 15.2 Å². The lowest BCUT2D eigenvalue weighted by Crippen LogP contribution is -2.38. The molecular weight excluding hydrogens is 456 g/mol. The largest absolute Gasteiger partial charge is 0.497 e. The number of oxazole rings is 1. The van der Waals surface area contributed by atoms with Gasteiger partial charge in [-0.05, 0) is 49.4 Å². The molecule has 32 heavy (non-hydrogen) atoms. The van der Waals surface area contributed by atoms with Crippen molar-refractivity contribution in [2.45, 2.75) is 22.3 Å². The number of carbonyl (C=O) groups excluding carboxylic acids is 2. The molecule has 0 bridgehead atoms. The van der Waals surface area contributed by atoms with Crippen LogP contribution in [0.3, 0.4) is 0 Å². The van der Waals surface area contributed by atoms with Crippen LogP contribution in [0.2, 0.25) is 0 Å². The lowest BCUT2D eigenvalue weighted by molar-refractivity contribution is -0.126. The number of methoxy groups -OCH3 is 1. The minimum atomic E-state index is -3.85. The molecule has 1 aliphatic heterocycles. The number of aromatic nitrogens is 1. The van der Waals surface area contributed by atoms with Crippen molar-refractivity contribution in [1.29, 1.82) is 0 Å². The van der Waals surface area contributed by atoms with E-state index < -0.39 is 21.3 Å². The molecule has 10 nitrogen and oxygen atoms in total. The summed E-state index contributed by atoms with van der Waals surface area (Å²) < 4.78 is 38.7. The Labute approximate surface area is 188 Å². The smallest absolute Gasteiger partial charge is 0.324 e. The van der Waals surface area contributed by atoms with Gasteiger partial charge < -0.3 is 14.5 Å². The first-order valence-corrected chi connectivity index (χ1v) is 12.0. The highest BCUT2D eigenvalue weighted by atomic mass is 32.2. The monoisotopic (exact) mass is 476 g/mol. The Bertz CT molecular complexity index is 1270. The zero-order chi connectivity index (χ0) is 22.9. The van der Waals surface area contributed by atoms with Crippen LogP contribution >= 0.6 is 11.8 Å². The highest BCUT2D eigenvalue weighted by molar-refractivity contribution is 8.00. The number of imide groups is 1. The van der Waals surface area contributed by atoms with Gasteiger partial charge in [-0.15, -0.1) is 0 Å². The molecule has 0 aliphatic carbocycles. The first kappa shape index (κ1) is 22.0. The Morgan fingerprint density at radius 3 is 2.69 bits per heavy atom. The highest BCUT2D eigenvalue weighted by Crippen LogP contribution is 2.29. The highest BCUT2D eigenvalue weighted by Gasteiger charge is 2.31. The predicted molar refractivity (Wildman–Crippen MR) is 118 cm³/mol. The molecule has 1 atom stereocenters. The molecule has 3 aromatic rings. The van der Waals surface area contributed by atoms with E-state index in [-0.39, 0.29) is 16.0 Å². The van der Waals surface area contributed by atoms with E-state index in [1.54, 1.807) is 31.2 Å². The topological polar surface area (TPSA) is 131 Å². The Balaban J connectivity index is 1.50. The molecule has 12 heteroatoms. The molecule has 2 aromatic carbocycles. The summed E-state index contributed by atoms with van der Waals surface area (Å²) in [5.41, 5.74) is 1.11. The van der Waals surface area contributed by atoms with E-state index in [0.717, 1.165) is 16.7 Å². The van der Waals surface area contributed by atoms with Crippen LogP contribution in [0.4, 0.5) is 10.5 Å². The van der Waals surface area contributed by atoms with E-state index in [2.05, 4.69) is 15.0 Å². The molecule has 1 saturated heterocycles. The van der Waals surface area contributed by atoms with Crippen LogP contribution in [0, 0.1) is 0 Å². The Morgan fingerprint density at radius 1 is 1.28 bits per heavy atom. The fourth-order valence-corrected chi connectivity index (χ4v) is 4.98. The lowest BCUT2D eigenvalue weighted by atomic mass is 10.3. The summed E-state index contributed by atoms with van der Waals surface area (Å²) in [6.45, 7) is 2.40. The van der Waals surface area contributed by atoms with Crippen molar-refractivity contribution in [3.63, 3.8) is 0 Å². The number of hydrogen-bond donors (Lipinski definition) is 2. The van der Waals surface area contributed by atoms with Crippen LogP contribution in [0.5, 0.6) is 5.75 Å². The minimum Gasteiger partial charge on any atom is -0.497 e. The van der Waals surface area contributed by atoms with Crippen molar-refractivity contribution < 1.29 is 27.2 Å². The van der Waals surface area contributed by atoms with Gasteiger partial charge in [0.1, 0.15) is 11.3 Å². The number of carbonyl (C=O) groups is 2. The number of benzene rings is 2. The Morgan fingerprint density at radius 2 is 2.03 bits per heavy atom. The average molecular weight is 477 g/mol. The Kier molecular flexibility index (Phi) is 5.98. The molecule has 3 amide bonds. The van der Waals surface area contributed by atoms with Crippen molar-refractivity contribution >= 4 is 50.5 Å². The first-order valence-electron chi connectivity index (χ1n) is 9.60. The molecule has 2 N–H and O–H groups in total. The van der Waals surface area contributed by atoms with Gasteiger partial charge in [0.05, 0.1) is 17.3 Å². The molecule has 168 valence electrons. The van der Waals surface area contributed by atoms with E-state index in [0.29, 0.717) is 35.6 Å². The van der Waals surface area contributed by atoms with Crippen LogP contribution in [0.1, 0.15) is 6.92 Å². The molecule has 1 aromatic heterocycles.